The molecule has 3 rings (SSSR count). The van der Waals surface area contributed by atoms with E-state index in [0.717, 1.165) is 15.8 Å². The maximum Gasteiger partial charge on any atom is 0.277 e. The minimum atomic E-state index is -0.358. The third kappa shape index (κ3) is 3.49. The van der Waals surface area contributed by atoms with Crippen LogP contribution in [0.1, 0.15) is 12.5 Å². The van der Waals surface area contributed by atoms with Crippen molar-refractivity contribution in [3.63, 3.8) is 0 Å². The summed E-state index contributed by atoms with van der Waals surface area (Å²) in [6.07, 6.45) is 0. The number of nitrogens with one attached hydrogen (secondary N) is 1. The Morgan fingerprint density at radius 2 is 1.88 bits per heavy atom. The largest absolute Gasteiger partial charge is 0.493 e. The second-order valence-corrected chi connectivity index (χ2v) is 6.89. The molecule has 122 valence electrons. The number of H-pyrrole nitrogens is 1. The Bertz CT molecular complexity index is 900. The van der Waals surface area contributed by atoms with Crippen molar-refractivity contribution in [1.82, 2.24) is 4.98 Å². The number of rotatable bonds is 4. The lowest BCUT2D eigenvalue weighted by molar-refractivity contribution is -0.117. The number of aromatic nitrogens is 1. The van der Waals surface area contributed by atoms with Crippen LogP contribution in [0.5, 0.6) is 5.88 Å². The van der Waals surface area contributed by atoms with Crippen molar-refractivity contribution in [3.8, 4) is 5.88 Å². The number of aromatic amines is 1. The van der Waals surface area contributed by atoms with Crippen LogP contribution >= 0.6 is 11.8 Å². The second kappa shape index (κ2) is 6.88. The third-order valence-electron chi connectivity index (χ3n) is 3.59. The fourth-order valence-electron chi connectivity index (χ4n) is 2.27. The lowest BCUT2D eigenvalue weighted by Gasteiger charge is -2.06. The number of carbonyl (C=O) groups is 1. The van der Waals surface area contributed by atoms with E-state index in [2.05, 4.69) is 15.2 Å². The van der Waals surface area contributed by atoms with Gasteiger partial charge in [0.2, 0.25) is 5.88 Å². The maximum absolute atomic E-state index is 12.2. The molecular formula is C18H17N3O2S. The van der Waals surface area contributed by atoms with Crippen LogP contribution in [-0.4, -0.2) is 21.2 Å². The van der Waals surface area contributed by atoms with Gasteiger partial charge in [0.1, 0.15) is 0 Å². The molecule has 0 fully saturated rings. The zero-order valence-corrected chi connectivity index (χ0v) is 14.2. The number of benzene rings is 2. The Hall–Kier alpha value is -2.60. The van der Waals surface area contributed by atoms with Crippen LogP contribution in [0.25, 0.3) is 10.9 Å². The lowest BCUT2D eigenvalue weighted by Crippen LogP contribution is -2.09. The van der Waals surface area contributed by atoms with Crippen molar-refractivity contribution < 1.29 is 9.90 Å². The topological polar surface area (TPSA) is 77.8 Å². The highest BCUT2D eigenvalue weighted by atomic mass is 32.2. The minimum Gasteiger partial charge on any atom is -0.493 e. The summed E-state index contributed by atoms with van der Waals surface area (Å²) in [7, 11) is 0. The molecule has 1 aromatic heterocycles. The Labute approximate surface area is 143 Å². The Morgan fingerprint density at radius 3 is 2.62 bits per heavy atom. The summed E-state index contributed by atoms with van der Waals surface area (Å²) >= 11 is 1.43. The number of amides is 1. The number of carbonyl (C=O) groups excluding carboxylic acids is 1. The Morgan fingerprint density at radius 1 is 1.17 bits per heavy atom. The van der Waals surface area contributed by atoms with E-state index in [1.54, 1.807) is 6.92 Å². The van der Waals surface area contributed by atoms with E-state index < -0.39 is 0 Å². The van der Waals surface area contributed by atoms with Crippen LogP contribution in [0.4, 0.5) is 5.69 Å². The first-order valence-electron chi connectivity index (χ1n) is 7.53. The summed E-state index contributed by atoms with van der Waals surface area (Å²) in [6.45, 7) is 3.81. The number of aromatic hydroxyl groups is 1. The van der Waals surface area contributed by atoms with Gasteiger partial charge in [-0.1, -0.05) is 35.9 Å². The smallest absolute Gasteiger partial charge is 0.277 e. The van der Waals surface area contributed by atoms with Gasteiger partial charge in [-0.3, -0.25) is 4.79 Å². The molecule has 0 radical (unpaired) electrons. The summed E-state index contributed by atoms with van der Waals surface area (Å²) in [5.41, 5.74) is 2.21. The highest BCUT2D eigenvalue weighted by Gasteiger charge is 2.15. The molecule has 0 unspecified atom stereocenters. The van der Waals surface area contributed by atoms with Gasteiger partial charge < -0.3 is 10.1 Å². The summed E-state index contributed by atoms with van der Waals surface area (Å²) in [5.74, 6) is -0.433. The normalized spacial score (nSPS) is 12.8. The molecule has 2 N–H and O–H groups in total. The van der Waals surface area contributed by atoms with E-state index in [1.165, 1.54) is 17.3 Å². The van der Waals surface area contributed by atoms with Crippen LogP contribution in [0.15, 0.2) is 63.7 Å². The van der Waals surface area contributed by atoms with E-state index in [1.807, 2.05) is 55.5 Å². The number of para-hydroxylation sites is 1. The molecule has 1 amide bonds. The van der Waals surface area contributed by atoms with Gasteiger partial charge in [-0.15, -0.1) is 22.0 Å². The first kappa shape index (κ1) is 16.3. The third-order valence-corrected chi connectivity index (χ3v) is 4.69. The standard InChI is InChI=1S/C18H17N3O2S/c1-11-7-9-13(10-8-11)24-12(2)17(22)21-20-16-14-5-3-4-6-15(14)19-18(16)23/h3-10,12,19,23H,1-2H3/t12-/m0/s1. The maximum atomic E-state index is 12.2. The van der Waals surface area contributed by atoms with E-state index in [0.29, 0.717) is 0 Å². The molecule has 2 aromatic carbocycles. The molecule has 3 aromatic rings. The van der Waals surface area contributed by atoms with Crippen LogP contribution in [0.3, 0.4) is 0 Å². The average molecular weight is 339 g/mol. The fourth-order valence-corrected chi connectivity index (χ4v) is 3.12. The first-order chi connectivity index (χ1) is 11.5. The lowest BCUT2D eigenvalue weighted by atomic mass is 10.2. The number of nitrogens with zero attached hydrogens (tertiary/aromatic N) is 2. The molecule has 0 saturated carbocycles. The van der Waals surface area contributed by atoms with E-state index >= 15 is 0 Å². The number of azo groups is 1. The van der Waals surface area contributed by atoms with Gasteiger partial charge in [-0.2, -0.15) is 0 Å². The van der Waals surface area contributed by atoms with Crippen LogP contribution < -0.4 is 0 Å². The molecule has 0 spiro atoms. The van der Waals surface area contributed by atoms with E-state index in [4.69, 9.17) is 0 Å². The van der Waals surface area contributed by atoms with Gasteiger partial charge in [-0.05, 0) is 32.0 Å². The number of hydrogen-bond acceptors (Lipinski definition) is 4. The summed E-state index contributed by atoms with van der Waals surface area (Å²) < 4.78 is 0. The molecule has 0 saturated heterocycles. The number of thioether (sulfide) groups is 1. The highest BCUT2D eigenvalue weighted by Crippen LogP contribution is 2.35. The summed E-state index contributed by atoms with van der Waals surface area (Å²) in [5, 5.41) is 18.0. The minimum absolute atomic E-state index is 0.0911. The van der Waals surface area contributed by atoms with Gasteiger partial charge in [0.05, 0.1) is 10.8 Å². The highest BCUT2D eigenvalue weighted by molar-refractivity contribution is 8.00. The molecule has 0 bridgehead atoms. The van der Waals surface area contributed by atoms with Gasteiger partial charge in [-0.25, -0.2) is 0 Å². The summed E-state index contributed by atoms with van der Waals surface area (Å²) in [4.78, 5) is 16.0. The molecule has 0 aliphatic heterocycles. The number of aryl methyl sites for hydroxylation is 1. The summed E-state index contributed by atoms with van der Waals surface area (Å²) in [6, 6.07) is 15.3. The zero-order valence-electron chi connectivity index (χ0n) is 13.4. The molecular weight excluding hydrogens is 322 g/mol. The zero-order chi connectivity index (χ0) is 17.1. The predicted molar refractivity (Wildman–Crippen MR) is 96.0 cm³/mol. The van der Waals surface area contributed by atoms with Crippen LogP contribution in [-0.2, 0) is 4.79 Å². The van der Waals surface area contributed by atoms with Crippen molar-refractivity contribution in [2.75, 3.05) is 0 Å². The van der Waals surface area contributed by atoms with Crippen LogP contribution in [0.2, 0.25) is 0 Å². The molecule has 24 heavy (non-hydrogen) atoms. The van der Waals surface area contributed by atoms with E-state index in [-0.39, 0.29) is 22.7 Å². The second-order valence-electron chi connectivity index (χ2n) is 5.48. The Balaban J connectivity index is 1.74. The van der Waals surface area contributed by atoms with Gasteiger partial charge in [0.25, 0.3) is 5.91 Å². The molecule has 1 atom stereocenters. The quantitative estimate of drug-likeness (QED) is 0.520. The van der Waals surface area contributed by atoms with Crippen molar-refractivity contribution >= 4 is 34.3 Å². The first-order valence-corrected chi connectivity index (χ1v) is 8.41. The number of hydrogen-bond donors (Lipinski definition) is 2. The predicted octanol–water partition coefficient (Wildman–Crippen LogP) is 4.97. The molecule has 0 aliphatic rings. The number of fused-ring (bicyclic) bond motifs is 1. The monoisotopic (exact) mass is 339 g/mol. The molecule has 1 heterocycles. The van der Waals surface area contributed by atoms with E-state index in [9.17, 15) is 9.90 Å². The van der Waals surface area contributed by atoms with Crippen molar-refractivity contribution in [2.45, 2.75) is 24.0 Å². The fraction of sp³-hybridized carbons (Fsp3) is 0.167. The average Bonchev–Trinajstić information content (AvgIpc) is 2.90. The van der Waals surface area contributed by atoms with Gasteiger partial charge in [0.15, 0.2) is 5.69 Å². The Kier molecular flexibility index (Phi) is 4.66. The van der Waals surface area contributed by atoms with Crippen molar-refractivity contribution in [3.05, 3.63) is 54.1 Å². The van der Waals surface area contributed by atoms with Crippen LogP contribution in [0, 0.1) is 6.92 Å². The SMILES string of the molecule is Cc1ccc(S[C@@H](C)C(=O)N=Nc2c(O)[nH]c3ccccc23)cc1. The van der Waals surface area contributed by atoms with Gasteiger partial charge >= 0.3 is 0 Å². The molecule has 6 heteroatoms. The molecule has 5 nitrogen and oxygen atoms in total. The van der Waals surface area contributed by atoms with Crippen molar-refractivity contribution in [2.24, 2.45) is 10.2 Å². The molecule has 0 aliphatic carbocycles. The van der Waals surface area contributed by atoms with Crippen molar-refractivity contribution in [1.29, 1.82) is 0 Å². The van der Waals surface area contributed by atoms with Gasteiger partial charge in [0, 0.05) is 10.3 Å².